The average molecular weight is 285 g/mol. The van der Waals surface area contributed by atoms with Gasteiger partial charge in [-0.3, -0.25) is 4.79 Å². The van der Waals surface area contributed by atoms with Crippen molar-refractivity contribution in [2.24, 2.45) is 5.92 Å². The molecule has 19 heavy (non-hydrogen) atoms. The molecule has 7 heteroatoms. The van der Waals surface area contributed by atoms with Crippen molar-refractivity contribution in [1.82, 2.24) is 10.3 Å². The summed E-state index contributed by atoms with van der Waals surface area (Å²) in [5.41, 5.74) is 0.847. The van der Waals surface area contributed by atoms with Gasteiger partial charge < -0.3 is 15.4 Å². The fourth-order valence-electron chi connectivity index (χ4n) is 1.43. The van der Waals surface area contributed by atoms with Gasteiger partial charge in [-0.25, -0.2) is 9.78 Å². The summed E-state index contributed by atoms with van der Waals surface area (Å²) in [5, 5.41) is 7.61. The molecule has 6 nitrogen and oxygen atoms in total. The summed E-state index contributed by atoms with van der Waals surface area (Å²) in [4.78, 5) is 27.6. The molecule has 0 aliphatic heterocycles. The van der Waals surface area contributed by atoms with E-state index < -0.39 is 12.1 Å². The van der Waals surface area contributed by atoms with E-state index in [1.165, 1.54) is 11.3 Å². The highest BCUT2D eigenvalue weighted by Crippen LogP contribution is 2.15. The number of hydrogen-bond acceptors (Lipinski definition) is 5. The van der Waals surface area contributed by atoms with E-state index >= 15 is 0 Å². The van der Waals surface area contributed by atoms with Gasteiger partial charge in [0.1, 0.15) is 6.04 Å². The second kappa shape index (κ2) is 7.08. The average Bonchev–Trinajstić information content (AvgIpc) is 2.71. The zero-order chi connectivity index (χ0) is 14.4. The number of nitrogens with zero attached hydrogens (tertiary/aromatic N) is 1. The minimum atomic E-state index is -0.650. The molecule has 0 saturated carbocycles. The molecule has 1 unspecified atom stereocenters. The zero-order valence-corrected chi connectivity index (χ0v) is 12.3. The van der Waals surface area contributed by atoms with E-state index in [0.717, 1.165) is 5.69 Å². The quantitative estimate of drug-likeness (QED) is 0.868. The monoisotopic (exact) mass is 285 g/mol. The molecule has 0 aromatic carbocycles. The van der Waals surface area contributed by atoms with Gasteiger partial charge in [0.25, 0.3) is 0 Å². The molecule has 1 aromatic heterocycles. The maximum absolute atomic E-state index is 12.1. The van der Waals surface area contributed by atoms with E-state index in [4.69, 9.17) is 4.74 Å². The number of amides is 2. The normalized spacial score (nSPS) is 12.1. The van der Waals surface area contributed by atoms with Crippen molar-refractivity contribution in [2.75, 3.05) is 11.9 Å². The largest absolute Gasteiger partial charge is 0.450 e. The van der Waals surface area contributed by atoms with Gasteiger partial charge in [0.2, 0.25) is 5.91 Å². The Morgan fingerprint density at radius 2 is 2.16 bits per heavy atom. The Hall–Kier alpha value is -1.63. The first-order valence-corrected chi connectivity index (χ1v) is 6.98. The number of nitrogens with one attached hydrogen (secondary N) is 2. The molecule has 0 aliphatic rings. The van der Waals surface area contributed by atoms with Crippen molar-refractivity contribution in [1.29, 1.82) is 0 Å². The highest BCUT2D eigenvalue weighted by atomic mass is 32.1. The van der Waals surface area contributed by atoms with Crippen molar-refractivity contribution in [3.05, 3.63) is 11.1 Å². The fourth-order valence-corrected chi connectivity index (χ4v) is 2.12. The van der Waals surface area contributed by atoms with Crippen LogP contribution >= 0.6 is 11.3 Å². The third-order valence-corrected chi connectivity index (χ3v) is 3.22. The molecule has 1 heterocycles. The Bertz CT molecular complexity index is 445. The zero-order valence-electron chi connectivity index (χ0n) is 11.5. The van der Waals surface area contributed by atoms with E-state index in [1.807, 2.05) is 26.2 Å². The van der Waals surface area contributed by atoms with Gasteiger partial charge in [0.15, 0.2) is 5.13 Å². The lowest BCUT2D eigenvalue weighted by atomic mass is 10.0. The summed E-state index contributed by atoms with van der Waals surface area (Å²) >= 11 is 1.35. The van der Waals surface area contributed by atoms with Crippen molar-refractivity contribution < 1.29 is 14.3 Å². The van der Waals surface area contributed by atoms with Gasteiger partial charge in [-0.2, -0.15) is 0 Å². The number of anilines is 1. The molecule has 0 spiro atoms. The molecule has 0 bridgehead atoms. The molecule has 2 amide bonds. The first kappa shape index (κ1) is 15.4. The molecule has 1 aromatic rings. The van der Waals surface area contributed by atoms with Crippen molar-refractivity contribution in [2.45, 2.75) is 33.7 Å². The van der Waals surface area contributed by atoms with Gasteiger partial charge >= 0.3 is 6.09 Å². The Morgan fingerprint density at radius 1 is 1.47 bits per heavy atom. The maximum Gasteiger partial charge on any atom is 0.407 e. The van der Waals surface area contributed by atoms with Crippen molar-refractivity contribution in [3.8, 4) is 0 Å². The topological polar surface area (TPSA) is 80.3 Å². The molecule has 0 saturated heterocycles. The Morgan fingerprint density at radius 3 is 2.63 bits per heavy atom. The SMILES string of the molecule is CCOC(=O)NC(C(=O)Nc1nc(C)cs1)C(C)C. The van der Waals surface area contributed by atoms with Gasteiger partial charge in [0, 0.05) is 5.38 Å². The van der Waals surface area contributed by atoms with Crippen LogP contribution < -0.4 is 10.6 Å². The predicted octanol–water partition coefficient (Wildman–Crippen LogP) is 2.16. The summed E-state index contributed by atoms with van der Waals surface area (Å²) < 4.78 is 4.78. The number of thiazole rings is 1. The lowest BCUT2D eigenvalue weighted by Crippen LogP contribution is -2.47. The van der Waals surface area contributed by atoms with Crippen LogP contribution in [0.25, 0.3) is 0 Å². The van der Waals surface area contributed by atoms with Crippen LogP contribution in [0.3, 0.4) is 0 Å². The number of aromatic nitrogens is 1. The van der Waals surface area contributed by atoms with Gasteiger partial charge in [-0.1, -0.05) is 13.8 Å². The number of hydrogen-bond donors (Lipinski definition) is 2. The second-order valence-corrected chi connectivity index (χ2v) is 5.23. The lowest BCUT2D eigenvalue weighted by Gasteiger charge is -2.20. The summed E-state index contributed by atoms with van der Waals surface area (Å²) in [5.74, 6) is -0.345. The number of aryl methyl sites for hydroxylation is 1. The van der Waals surface area contributed by atoms with Crippen LogP contribution in [0.2, 0.25) is 0 Å². The minimum Gasteiger partial charge on any atom is -0.450 e. The molecule has 1 rings (SSSR count). The number of alkyl carbamates (subject to hydrolysis) is 1. The first-order valence-electron chi connectivity index (χ1n) is 6.10. The minimum absolute atomic E-state index is 0.0505. The lowest BCUT2D eigenvalue weighted by molar-refractivity contribution is -0.119. The third kappa shape index (κ3) is 4.86. The smallest absolute Gasteiger partial charge is 0.407 e. The Balaban J connectivity index is 2.65. The maximum atomic E-state index is 12.1. The summed E-state index contributed by atoms with van der Waals surface area (Å²) in [7, 11) is 0. The number of carbonyl (C=O) groups is 2. The highest BCUT2D eigenvalue weighted by molar-refractivity contribution is 7.13. The molecule has 0 fully saturated rings. The van der Waals surface area contributed by atoms with Crippen LogP contribution in [0.5, 0.6) is 0 Å². The number of carbonyl (C=O) groups excluding carboxylic acids is 2. The van der Waals surface area contributed by atoms with E-state index in [-0.39, 0.29) is 18.4 Å². The molecular weight excluding hydrogens is 266 g/mol. The van der Waals surface area contributed by atoms with E-state index in [0.29, 0.717) is 5.13 Å². The van der Waals surface area contributed by atoms with Crippen LogP contribution in [-0.4, -0.2) is 29.6 Å². The van der Waals surface area contributed by atoms with Gasteiger partial charge in [-0.05, 0) is 19.8 Å². The van der Waals surface area contributed by atoms with Gasteiger partial charge in [-0.15, -0.1) is 11.3 Å². The number of rotatable bonds is 5. The molecule has 2 N–H and O–H groups in total. The third-order valence-electron chi connectivity index (χ3n) is 2.35. The van der Waals surface area contributed by atoms with Crippen LogP contribution in [0, 0.1) is 12.8 Å². The Kier molecular flexibility index (Phi) is 5.75. The molecule has 0 aliphatic carbocycles. The summed E-state index contributed by atoms with van der Waals surface area (Å²) in [6.07, 6.45) is -0.591. The molecule has 1 atom stereocenters. The van der Waals surface area contributed by atoms with Crippen LogP contribution in [0.4, 0.5) is 9.93 Å². The summed E-state index contributed by atoms with van der Waals surface area (Å²) in [6, 6.07) is -0.650. The standard InChI is InChI=1S/C12H19N3O3S/c1-5-18-12(17)14-9(7(2)3)10(16)15-11-13-8(4)6-19-11/h6-7,9H,5H2,1-4H3,(H,14,17)(H,13,15,16). The van der Waals surface area contributed by atoms with Gasteiger partial charge in [0.05, 0.1) is 12.3 Å². The van der Waals surface area contributed by atoms with Crippen molar-refractivity contribution in [3.63, 3.8) is 0 Å². The van der Waals surface area contributed by atoms with Crippen LogP contribution in [0.1, 0.15) is 26.5 Å². The Labute approximate surface area is 116 Å². The summed E-state index contributed by atoms with van der Waals surface area (Å²) in [6.45, 7) is 7.53. The van der Waals surface area contributed by atoms with E-state index in [2.05, 4.69) is 15.6 Å². The van der Waals surface area contributed by atoms with Crippen LogP contribution in [-0.2, 0) is 9.53 Å². The fraction of sp³-hybridized carbons (Fsp3) is 0.583. The molecule has 106 valence electrons. The predicted molar refractivity (Wildman–Crippen MR) is 74.3 cm³/mol. The molecule has 0 radical (unpaired) electrons. The first-order chi connectivity index (χ1) is 8.93. The number of ether oxygens (including phenoxy) is 1. The van der Waals surface area contributed by atoms with Crippen LogP contribution in [0.15, 0.2) is 5.38 Å². The van der Waals surface area contributed by atoms with E-state index in [1.54, 1.807) is 6.92 Å². The second-order valence-electron chi connectivity index (χ2n) is 4.37. The van der Waals surface area contributed by atoms with E-state index in [9.17, 15) is 9.59 Å². The molecular formula is C12H19N3O3S. The van der Waals surface area contributed by atoms with Crippen molar-refractivity contribution >= 4 is 28.5 Å². The highest BCUT2D eigenvalue weighted by Gasteiger charge is 2.25.